The lowest BCUT2D eigenvalue weighted by atomic mass is 9.82. The molecule has 0 saturated carbocycles. The zero-order valence-electron chi connectivity index (χ0n) is 11.1. The van der Waals surface area contributed by atoms with Crippen LogP contribution in [0.5, 0.6) is 0 Å². The van der Waals surface area contributed by atoms with E-state index in [0.717, 1.165) is 0 Å². The number of hydrogen-bond acceptors (Lipinski definition) is 5. The Hall–Kier alpha value is -2.63. The largest absolute Gasteiger partial charge is 0.550 e. The summed E-state index contributed by atoms with van der Waals surface area (Å²) in [6, 6.07) is 5.60. The van der Waals surface area contributed by atoms with Gasteiger partial charge >= 0.3 is 0 Å². The maximum Gasteiger partial charge on any atom is 0.228 e. The SMILES string of the molecule is O=C([O-])c1cccc(NC(=O)[C@H]2CC=CC[C@@H]2C(=O)[O-])c1. The molecule has 1 amide bonds. The minimum atomic E-state index is -1.35. The Labute approximate surface area is 121 Å². The van der Waals surface area contributed by atoms with Gasteiger partial charge in [0.25, 0.3) is 0 Å². The molecule has 21 heavy (non-hydrogen) atoms. The second kappa shape index (κ2) is 6.21. The molecule has 2 atom stereocenters. The van der Waals surface area contributed by atoms with Crippen LogP contribution in [-0.4, -0.2) is 17.8 Å². The Balaban J connectivity index is 2.13. The van der Waals surface area contributed by atoms with E-state index in [2.05, 4.69) is 5.32 Å². The van der Waals surface area contributed by atoms with Crippen molar-refractivity contribution in [2.45, 2.75) is 12.8 Å². The Morgan fingerprint density at radius 3 is 2.33 bits per heavy atom. The topological polar surface area (TPSA) is 109 Å². The van der Waals surface area contributed by atoms with E-state index in [1.165, 1.54) is 24.3 Å². The van der Waals surface area contributed by atoms with Crippen LogP contribution >= 0.6 is 0 Å². The number of allylic oxidation sites excluding steroid dienone is 2. The summed E-state index contributed by atoms with van der Waals surface area (Å²) in [4.78, 5) is 34.0. The Kier molecular flexibility index (Phi) is 4.37. The first-order valence-electron chi connectivity index (χ1n) is 6.47. The minimum absolute atomic E-state index is 0.0622. The van der Waals surface area contributed by atoms with Gasteiger partial charge in [-0.1, -0.05) is 24.3 Å². The number of nitrogens with one attached hydrogen (secondary N) is 1. The maximum absolute atomic E-state index is 12.2. The van der Waals surface area contributed by atoms with Crippen molar-refractivity contribution in [1.29, 1.82) is 0 Å². The van der Waals surface area contributed by atoms with Gasteiger partial charge in [0, 0.05) is 17.6 Å². The summed E-state index contributed by atoms with van der Waals surface area (Å²) in [6.07, 6.45) is 4.02. The lowest BCUT2D eigenvalue weighted by Gasteiger charge is -2.28. The molecule has 1 N–H and O–H groups in total. The lowest BCUT2D eigenvalue weighted by molar-refractivity contribution is -0.313. The van der Waals surface area contributed by atoms with E-state index in [0.29, 0.717) is 6.42 Å². The van der Waals surface area contributed by atoms with Crippen LogP contribution in [0.1, 0.15) is 23.2 Å². The third kappa shape index (κ3) is 3.47. The molecule has 1 aliphatic rings. The molecular weight excluding hydrogens is 274 g/mol. The Bertz CT molecular complexity index is 608. The van der Waals surface area contributed by atoms with Crippen molar-refractivity contribution in [3.8, 4) is 0 Å². The van der Waals surface area contributed by atoms with E-state index >= 15 is 0 Å². The fourth-order valence-electron chi connectivity index (χ4n) is 2.32. The van der Waals surface area contributed by atoms with Gasteiger partial charge < -0.3 is 25.1 Å². The fourth-order valence-corrected chi connectivity index (χ4v) is 2.32. The van der Waals surface area contributed by atoms with Crippen LogP contribution in [0.15, 0.2) is 36.4 Å². The molecule has 2 rings (SSSR count). The second-order valence-corrected chi connectivity index (χ2v) is 4.83. The number of carbonyl (C=O) groups is 3. The van der Waals surface area contributed by atoms with Crippen LogP contribution in [0, 0.1) is 11.8 Å². The van der Waals surface area contributed by atoms with Crippen molar-refractivity contribution in [3.63, 3.8) is 0 Å². The molecule has 6 heteroatoms. The number of carboxylic acid groups (broad SMARTS) is 2. The zero-order valence-corrected chi connectivity index (χ0v) is 11.1. The molecule has 0 fully saturated rings. The van der Waals surface area contributed by atoms with Crippen molar-refractivity contribution in [3.05, 3.63) is 42.0 Å². The molecular formula is C15H13NO5-2. The van der Waals surface area contributed by atoms with Crippen LogP contribution in [-0.2, 0) is 9.59 Å². The van der Waals surface area contributed by atoms with Gasteiger partial charge in [-0.2, -0.15) is 0 Å². The molecule has 0 bridgehead atoms. The third-order valence-electron chi connectivity index (χ3n) is 3.44. The van der Waals surface area contributed by atoms with Crippen molar-refractivity contribution in [1.82, 2.24) is 0 Å². The summed E-state index contributed by atoms with van der Waals surface area (Å²) >= 11 is 0. The molecule has 1 aromatic carbocycles. The van der Waals surface area contributed by atoms with Crippen molar-refractivity contribution in [2.75, 3.05) is 5.32 Å². The van der Waals surface area contributed by atoms with Gasteiger partial charge in [0.05, 0.1) is 11.9 Å². The van der Waals surface area contributed by atoms with Crippen LogP contribution in [0.2, 0.25) is 0 Å². The van der Waals surface area contributed by atoms with Crippen LogP contribution in [0.3, 0.4) is 0 Å². The molecule has 0 spiro atoms. The van der Waals surface area contributed by atoms with E-state index < -0.39 is 29.7 Å². The highest BCUT2D eigenvalue weighted by Gasteiger charge is 2.29. The summed E-state index contributed by atoms with van der Waals surface area (Å²) in [5, 5.41) is 24.4. The number of anilines is 1. The van der Waals surface area contributed by atoms with Crippen molar-refractivity contribution >= 4 is 23.5 Å². The maximum atomic E-state index is 12.2. The van der Waals surface area contributed by atoms with Gasteiger partial charge in [0.1, 0.15) is 0 Å². The summed E-state index contributed by atoms with van der Waals surface area (Å²) in [7, 11) is 0. The van der Waals surface area contributed by atoms with E-state index in [1.807, 2.05) is 0 Å². The Morgan fingerprint density at radius 2 is 1.71 bits per heavy atom. The molecule has 0 saturated heterocycles. The molecule has 6 nitrogen and oxygen atoms in total. The third-order valence-corrected chi connectivity index (χ3v) is 3.44. The number of aliphatic carboxylic acids is 1. The zero-order chi connectivity index (χ0) is 15.4. The smallest absolute Gasteiger partial charge is 0.228 e. The van der Waals surface area contributed by atoms with Crippen molar-refractivity contribution < 1.29 is 24.6 Å². The fraction of sp³-hybridized carbons (Fsp3) is 0.267. The van der Waals surface area contributed by atoms with Crippen LogP contribution in [0.25, 0.3) is 0 Å². The molecule has 0 aromatic heterocycles. The number of aromatic carboxylic acids is 1. The van der Waals surface area contributed by atoms with Crippen LogP contribution in [0.4, 0.5) is 5.69 Å². The van der Waals surface area contributed by atoms with Gasteiger partial charge in [-0.25, -0.2) is 0 Å². The monoisotopic (exact) mass is 287 g/mol. The molecule has 0 unspecified atom stereocenters. The molecule has 1 aromatic rings. The van der Waals surface area contributed by atoms with Gasteiger partial charge in [0.2, 0.25) is 5.91 Å². The number of hydrogen-bond donors (Lipinski definition) is 1. The highest BCUT2D eigenvalue weighted by atomic mass is 16.4. The Morgan fingerprint density at radius 1 is 1.05 bits per heavy atom. The average Bonchev–Trinajstić information content (AvgIpc) is 2.47. The molecule has 0 heterocycles. The number of carboxylic acids is 2. The highest BCUT2D eigenvalue weighted by Crippen LogP contribution is 2.26. The van der Waals surface area contributed by atoms with Gasteiger partial charge in [-0.15, -0.1) is 0 Å². The number of amides is 1. The summed E-state index contributed by atoms with van der Waals surface area (Å²) < 4.78 is 0. The summed E-state index contributed by atoms with van der Waals surface area (Å²) in [6.45, 7) is 0. The van der Waals surface area contributed by atoms with E-state index in [-0.39, 0.29) is 17.7 Å². The average molecular weight is 287 g/mol. The highest BCUT2D eigenvalue weighted by molar-refractivity contribution is 5.96. The number of benzene rings is 1. The lowest BCUT2D eigenvalue weighted by Crippen LogP contribution is -2.41. The van der Waals surface area contributed by atoms with E-state index in [4.69, 9.17) is 0 Å². The van der Waals surface area contributed by atoms with Crippen LogP contribution < -0.4 is 15.5 Å². The van der Waals surface area contributed by atoms with Gasteiger partial charge in [-0.05, 0) is 30.5 Å². The normalized spacial score (nSPS) is 20.8. The van der Waals surface area contributed by atoms with Crippen molar-refractivity contribution in [2.24, 2.45) is 11.8 Å². The summed E-state index contributed by atoms with van der Waals surface area (Å²) in [5.74, 6) is -4.68. The molecule has 1 aliphatic carbocycles. The molecule has 0 aliphatic heterocycles. The standard InChI is InChI=1S/C15H15NO5/c17-13(11-6-1-2-7-12(11)15(20)21)16-10-5-3-4-9(8-10)14(18)19/h1-5,8,11-12H,6-7H2,(H,16,17)(H,18,19)(H,20,21)/p-2/t11-,12-/m0/s1. The van der Waals surface area contributed by atoms with E-state index in [9.17, 15) is 24.6 Å². The first-order chi connectivity index (χ1) is 9.99. The number of rotatable bonds is 4. The minimum Gasteiger partial charge on any atom is -0.550 e. The van der Waals surface area contributed by atoms with E-state index in [1.54, 1.807) is 12.2 Å². The first kappa shape index (κ1) is 14.8. The predicted octanol–water partition coefficient (Wildman–Crippen LogP) is -0.679. The second-order valence-electron chi connectivity index (χ2n) is 4.83. The predicted molar refractivity (Wildman–Crippen MR) is 69.8 cm³/mol. The summed E-state index contributed by atoms with van der Waals surface area (Å²) in [5.41, 5.74) is 0.223. The first-order valence-corrected chi connectivity index (χ1v) is 6.47. The van der Waals surface area contributed by atoms with Gasteiger partial charge in [-0.3, -0.25) is 4.79 Å². The quantitative estimate of drug-likeness (QED) is 0.738. The number of carbonyl (C=O) groups excluding carboxylic acids is 3. The molecule has 0 radical (unpaired) electrons. The van der Waals surface area contributed by atoms with Gasteiger partial charge in [0.15, 0.2) is 0 Å². The molecule has 110 valence electrons.